The summed E-state index contributed by atoms with van der Waals surface area (Å²) in [5, 5.41) is 7.73. The molecule has 3 nitrogen and oxygen atoms in total. The van der Waals surface area contributed by atoms with E-state index in [9.17, 15) is 4.79 Å². The van der Waals surface area contributed by atoms with Crippen molar-refractivity contribution in [3.63, 3.8) is 0 Å². The van der Waals surface area contributed by atoms with Crippen molar-refractivity contribution in [1.29, 1.82) is 0 Å². The molecule has 0 radical (unpaired) electrons. The van der Waals surface area contributed by atoms with Gasteiger partial charge in [-0.2, -0.15) is 0 Å². The van der Waals surface area contributed by atoms with E-state index < -0.39 is 0 Å². The zero-order valence-corrected chi connectivity index (χ0v) is 16.0. The van der Waals surface area contributed by atoms with Crippen molar-refractivity contribution in [3.8, 4) is 0 Å². The molecule has 5 rings (SSSR count). The molecule has 0 spiro atoms. The highest BCUT2D eigenvalue weighted by atomic mass is 35.5. The van der Waals surface area contributed by atoms with Crippen LogP contribution >= 0.6 is 23.2 Å². The number of piperidine rings is 2. The third-order valence-corrected chi connectivity index (χ3v) is 6.52. The number of rotatable bonds is 4. The van der Waals surface area contributed by atoms with Crippen molar-refractivity contribution in [3.05, 3.63) is 69.7 Å². The van der Waals surface area contributed by atoms with Gasteiger partial charge in [0.25, 0.3) is 5.91 Å². The van der Waals surface area contributed by atoms with Crippen molar-refractivity contribution in [2.45, 2.75) is 37.3 Å². The SMILES string of the molecule is O=C(NC(c1ccccc1)C12CCC(CC1)CN2)c1c(Cl)cccc1Cl. The minimum Gasteiger partial charge on any atom is -0.343 e. The van der Waals surface area contributed by atoms with Crippen molar-refractivity contribution in [2.24, 2.45) is 5.92 Å². The Kier molecular flexibility index (Phi) is 4.96. The highest BCUT2D eigenvalue weighted by Crippen LogP contribution is 2.44. The molecule has 1 amide bonds. The minimum absolute atomic E-state index is 0.112. The third-order valence-electron chi connectivity index (χ3n) is 5.89. The number of hydrogen-bond acceptors (Lipinski definition) is 2. The molecule has 2 aromatic carbocycles. The third kappa shape index (κ3) is 3.24. The molecule has 5 heteroatoms. The van der Waals surface area contributed by atoms with Crippen LogP contribution in [-0.4, -0.2) is 18.0 Å². The maximum absolute atomic E-state index is 13.1. The van der Waals surface area contributed by atoms with Crippen molar-refractivity contribution in [1.82, 2.24) is 10.6 Å². The number of hydrogen-bond donors (Lipinski definition) is 2. The van der Waals surface area contributed by atoms with Gasteiger partial charge in [0.2, 0.25) is 0 Å². The molecule has 2 aromatic rings. The Labute approximate surface area is 164 Å². The summed E-state index contributed by atoms with van der Waals surface area (Å²) >= 11 is 12.5. The van der Waals surface area contributed by atoms with Gasteiger partial charge in [0.05, 0.1) is 21.7 Å². The Morgan fingerprint density at radius 3 is 2.27 bits per heavy atom. The van der Waals surface area contributed by atoms with Crippen LogP contribution in [-0.2, 0) is 0 Å². The van der Waals surface area contributed by atoms with Crippen LogP contribution in [0.3, 0.4) is 0 Å². The first-order chi connectivity index (χ1) is 12.6. The summed E-state index contributed by atoms with van der Waals surface area (Å²) in [6.07, 6.45) is 4.54. The van der Waals surface area contributed by atoms with Crippen LogP contribution in [0.25, 0.3) is 0 Å². The molecule has 136 valence electrons. The van der Waals surface area contributed by atoms with Crippen LogP contribution in [0, 0.1) is 5.92 Å². The minimum atomic E-state index is -0.224. The molecule has 3 fully saturated rings. The molecule has 0 aromatic heterocycles. The topological polar surface area (TPSA) is 41.1 Å². The fraction of sp³-hybridized carbons (Fsp3) is 0.381. The van der Waals surface area contributed by atoms with Crippen molar-refractivity contribution < 1.29 is 4.79 Å². The summed E-state index contributed by atoms with van der Waals surface area (Å²) in [5.74, 6) is 0.542. The van der Waals surface area contributed by atoms with Crippen LogP contribution in [0.1, 0.15) is 47.6 Å². The van der Waals surface area contributed by atoms with Crippen LogP contribution < -0.4 is 10.6 Å². The summed E-state index contributed by atoms with van der Waals surface area (Å²) in [6, 6.07) is 15.2. The Hall–Kier alpha value is -1.55. The fourth-order valence-corrected chi connectivity index (χ4v) is 4.99. The van der Waals surface area contributed by atoms with Gasteiger partial charge in [-0.05, 0) is 55.8 Å². The van der Waals surface area contributed by atoms with Gasteiger partial charge in [-0.15, -0.1) is 0 Å². The molecule has 2 bridgehead atoms. The lowest BCUT2D eigenvalue weighted by Gasteiger charge is -2.52. The second kappa shape index (κ2) is 7.22. The first-order valence-electron chi connectivity index (χ1n) is 9.14. The highest BCUT2D eigenvalue weighted by Gasteiger charge is 2.46. The number of carbonyl (C=O) groups excluding carboxylic acids is 1. The molecule has 2 heterocycles. The van der Waals surface area contributed by atoms with E-state index in [4.69, 9.17) is 23.2 Å². The number of halogens is 2. The summed E-state index contributed by atoms with van der Waals surface area (Å²) in [5.41, 5.74) is 1.34. The van der Waals surface area contributed by atoms with Gasteiger partial charge >= 0.3 is 0 Å². The maximum Gasteiger partial charge on any atom is 0.254 e. The van der Waals surface area contributed by atoms with Gasteiger partial charge in [0.15, 0.2) is 0 Å². The number of amides is 1. The predicted molar refractivity (Wildman–Crippen MR) is 106 cm³/mol. The van der Waals surface area contributed by atoms with Crippen LogP contribution in [0.5, 0.6) is 0 Å². The summed E-state index contributed by atoms with van der Waals surface area (Å²) < 4.78 is 0. The van der Waals surface area contributed by atoms with Gasteiger partial charge in [-0.25, -0.2) is 0 Å². The molecular formula is C21H22Cl2N2O. The molecule has 26 heavy (non-hydrogen) atoms. The molecule has 3 aliphatic rings. The Balaban J connectivity index is 1.69. The van der Waals surface area contributed by atoms with Gasteiger partial charge in [0, 0.05) is 5.54 Å². The highest BCUT2D eigenvalue weighted by molar-refractivity contribution is 6.39. The number of benzene rings is 2. The van der Waals surface area contributed by atoms with E-state index in [1.807, 2.05) is 18.2 Å². The molecule has 1 aliphatic carbocycles. The first kappa shape index (κ1) is 17.8. The van der Waals surface area contributed by atoms with E-state index in [1.54, 1.807) is 18.2 Å². The monoisotopic (exact) mass is 388 g/mol. The fourth-order valence-electron chi connectivity index (χ4n) is 4.42. The van der Waals surface area contributed by atoms with Gasteiger partial charge in [0.1, 0.15) is 0 Å². The standard InChI is InChI=1S/C21H22Cl2N2O/c22-16-7-4-8-17(23)18(16)20(26)25-19(15-5-2-1-3-6-15)21-11-9-14(10-12-21)13-24-21/h1-8,14,19,24H,9-13H2,(H,25,26). The van der Waals surface area contributed by atoms with Gasteiger partial charge in [-0.1, -0.05) is 59.6 Å². The van der Waals surface area contributed by atoms with Crippen molar-refractivity contribution in [2.75, 3.05) is 6.54 Å². The predicted octanol–water partition coefficient (Wildman–Crippen LogP) is 5.00. The lowest BCUT2D eigenvalue weighted by Crippen LogP contribution is -2.62. The second-order valence-electron chi connectivity index (χ2n) is 7.39. The average molecular weight is 389 g/mol. The average Bonchev–Trinajstić information content (AvgIpc) is 2.68. The van der Waals surface area contributed by atoms with E-state index in [-0.39, 0.29) is 17.5 Å². The number of nitrogens with one attached hydrogen (secondary N) is 2. The van der Waals surface area contributed by atoms with E-state index >= 15 is 0 Å². The van der Waals surface area contributed by atoms with E-state index in [1.165, 1.54) is 12.8 Å². The molecule has 1 saturated carbocycles. The van der Waals surface area contributed by atoms with E-state index in [0.29, 0.717) is 15.6 Å². The molecular weight excluding hydrogens is 367 g/mol. The van der Waals surface area contributed by atoms with Crippen molar-refractivity contribution >= 4 is 29.1 Å². The number of carbonyl (C=O) groups is 1. The largest absolute Gasteiger partial charge is 0.343 e. The van der Waals surface area contributed by atoms with Gasteiger partial charge < -0.3 is 10.6 Å². The molecule has 2 N–H and O–H groups in total. The normalized spacial score (nSPS) is 25.7. The first-order valence-corrected chi connectivity index (χ1v) is 9.89. The maximum atomic E-state index is 13.1. The smallest absolute Gasteiger partial charge is 0.254 e. The number of fused-ring (bicyclic) bond motifs is 3. The Morgan fingerprint density at radius 2 is 1.69 bits per heavy atom. The summed E-state index contributed by atoms with van der Waals surface area (Å²) in [4.78, 5) is 13.1. The van der Waals surface area contributed by atoms with Crippen LogP contribution in [0.2, 0.25) is 10.0 Å². The zero-order valence-electron chi connectivity index (χ0n) is 14.5. The zero-order chi connectivity index (χ0) is 18.1. The molecule has 1 unspecified atom stereocenters. The Bertz CT molecular complexity index is 767. The lowest BCUT2D eigenvalue weighted by atomic mass is 9.67. The van der Waals surface area contributed by atoms with Gasteiger partial charge in [-0.3, -0.25) is 4.79 Å². The summed E-state index contributed by atoms with van der Waals surface area (Å²) in [7, 11) is 0. The Morgan fingerprint density at radius 1 is 1.04 bits per heavy atom. The molecule has 1 atom stereocenters. The second-order valence-corrected chi connectivity index (χ2v) is 8.21. The van der Waals surface area contributed by atoms with Crippen LogP contribution in [0.4, 0.5) is 0 Å². The van der Waals surface area contributed by atoms with Crippen LogP contribution in [0.15, 0.2) is 48.5 Å². The molecule has 2 saturated heterocycles. The van der Waals surface area contributed by atoms with E-state index in [2.05, 4.69) is 22.8 Å². The lowest BCUT2D eigenvalue weighted by molar-refractivity contribution is 0.0676. The molecule has 2 aliphatic heterocycles. The quantitative estimate of drug-likeness (QED) is 0.773. The summed E-state index contributed by atoms with van der Waals surface area (Å²) in [6.45, 7) is 1.02. The van der Waals surface area contributed by atoms with E-state index in [0.717, 1.165) is 30.9 Å².